The summed E-state index contributed by atoms with van der Waals surface area (Å²) in [4.78, 5) is 24.1. The molecule has 0 radical (unpaired) electrons. The van der Waals surface area contributed by atoms with Crippen molar-refractivity contribution in [1.29, 1.82) is 5.26 Å². The van der Waals surface area contributed by atoms with Crippen molar-refractivity contribution in [3.8, 4) is 6.07 Å². The van der Waals surface area contributed by atoms with E-state index in [1.807, 2.05) is 6.07 Å². The standard InChI is InChI=1S/C14H17N3O3/c1-9(2)17(8-13(18)19)14(20)16-12-6-4-5-10(3)11(12)7-15/h4-6,9H,8H2,1-3H3,(H,16,20)(H,18,19). The highest BCUT2D eigenvalue weighted by Gasteiger charge is 2.20. The summed E-state index contributed by atoms with van der Waals surface area (Å²) in [7, 11) is 0. The van der Waals surface area contributed by atoms with Gasteiger partial charge in [0.05, 0.1) is 11.3 Å². The van der Waals surface area contributed by atoms with Crippen molar-refractivity contribution < 1.29 is 14.7 Å². The Balaban J connectivity index is 2.97. The zero-order valence-corrected chi connectivity index (χ0v) is 11.7. The molecule has 0 spiro atoms. The Hall–Kier alpha value is -2.55. The van der Waals surface area contributed by atoms with E-state index < -0.39 is 18.5 Å². The van der Waals surface area contributed by atoms with Crippen LogP contribution in [0.3, 0.4) is 0 Å². The Bertz CT molecular complexity index is 561. The van der Waals surface area contributed by atoms with Crippen LogP contribution in [0.25, 0.3) is 0 Å². The molecule has 1 aromatic rings. The van der Waals surface area contributed by atoms with Crippen molar-refractivity contribution in [2.45, 2.75) is 26.8 Å². The summed E-state index contributed by atoms with van der Waals surface area (Å²) in [6.07, 6.45) is 0. The zero-order chi connectivity index (χ0) is 15.3. The van der Waals surface area contributed by atoms with Crippen molar-refractivity contribution in [1.82, 2.24) is 4.90 Å². The number of amides is 2. The van der Waals surface area contributed by atoms with Crippen molar-refractivity contribution in [2.75, 3.05) is 11.9 Å². The van der Waals surface area contributed by atoms with Gasteiger partial charge in [0.25, 0.3) is 0 Å². The lowest BCUT2D eigenvalue weighted by Gasteiger charge is -2.25. The second-order valence-corrected chi connectivity index (χ2v) is 4.65. The molecule has 1 aromatic carbocycles. The maximum Gasteiger partial charge on any atom is 0.323 e. The number of rotatable bonds is 4. The number of aliphatic carboxylic acids is 1. The molecule has 0 fully saturated rings. The molecule has 0 aromatic heterocycles. The van der Waals surface area contributed by atoms with Gasteiger partial charge in [-0.15, -0.1) is 0 Å². The van der Waals surface area contributed by atoms with Crippen LogP contribution >= 0.6 is 0 Å². The number of hydrogen-bond donors (Lipinski definition) is 2. The van der Waals surface area contributed by atoms with Gasteiger partial charge < -0.3 is 15.3 Å². The molecule has 0 unspecified atom stereocenters. The van der Waals surface area contributed by atoms with Gasteiger partial charge in [0, 0.05) is 6.04 Å². The first kappa shape index (κ1) is 15.5. The van der Waals surface area contributed by atoms with E-state index in [1.54, 1.807) is 39.0 Å². The van der Waals surface area contributed by atoms with E-state index in [1.165, 1.54) is 4.90 Å². The van der Waals surface area contributed by atoms with Crippen molar-refractivity contribution >= 4 is 17.7 Å². The molecular formula is C14H17N3O3. The van der Waals surface area contributed by atoms with Crippen molar-refractivity contribution in [2.24, 2.45) is 0 Å². The molecule has 2 amide bonds. The fourth-order valence-electron chi connectivity index (χ4n) is 1.74. The number of aryl methyl sites for hydroxylation is 1. The molecule has 0 aliphatic rings. The van der Waals surface area contributed by atoms with E-state index in [2.05, 4.69) is 5.32 Å². The lowest BCUT2D eigenvalue weighted by molar-refractivity contribution is -0.137. The number of nitrogens with one attached hydrogen (secondary N) is 1. The number of carbonyl (C=O) groups excluding carboxylic acids is 1. The van der Waals surface area contributed by atoms with Crippen LogP contribution in [0.5, 0.6) is 0 Å². The third kappa shape index (κ3) is 3.72. The third-order valence-electron chi connectivity index (χ3n) is 2.82. The quantitative estimate of drug-likeness (QED) is 0.880. The number of nitrogens with zero attached hydrogens (tertiary/aromatic N) is 2. The molecule has 0 bridgehead atoms. The Morgan fingerprint density at radius 1 is 1.45 bits per heavy atom. The Morgan fingerprint density at radius 3 is 2.60 bits per heavy atom. The van der Waals surface area contributed by atoms with Gasteiger partial charge >= 0.3 is 12.0 Å². The molecule has 6 heteroatoms. The summed E-state index contributed by atoms with van der Waals surface area (Å²) in [6, 6.07) is 6.34. The number of nitriles is 1. The number of carbonyl (C=O) groups is 2. The summed E-state index contributed by atoms with van der Waals surface area (Å²) in [6.45, 7) is 4.83. The van der Waals surface area contributed by atoms with E-state index in [4.69, 9.17) is 10.4 Å². The average molecular weight is 275 g/mol. The van der Waals surface area contributed by atoms with Crippen LogP contribution in [0, 0.1) is 18.3 Å². The van der Waals surface area contributed by atoms with Crippen LogP contribution in [-0.4, -0.2) is 34.6 Å². The molecule has 1 rings (SSSR count). The highest BCUT2D eigenvalue weighted by molar-refractivity contribution is 5.93. The molecule has 0 heterocycles. The summed E-state index contributed by atoms with van der Waals surface area (Å²) in [5, 5.41) is 20.5. The molecule has 0 aliphatic heterocycles. The average Bonchev–Trinajstić information content (AvgIpc) is 2.35. The number of carboxylic acids is 1. The molecule has 0 saturated carbocycles. The number of anilines is 1. The summed E-state index contributed by atoms with van der Waals surface area (Å²) < 4.78 is 0. The largest absolute Gasteiger partial charge is 0.480 e. The molecule has 20 heavy (non-hydrogen) atoms. The van der Waals surface area contributed by atoms with Gasteiger partial charge in [-0.3, -0.25) is 4.79 Å². The van der Waals surface area contributed by atoms with E-state index in [0.29, 0.717) is 11.3 Å². The molecule has 106 valence electrons. The highest BCUT2D eigenvalue weighted by atomic mass is 16.4. The molecule has 2 N–H and O–H groups in total. The van der Waals surface area contributed by atoms with Crippen LogP contribution in [0.4, 0.5) is 10.5 Å². The topological polar surface area (TPSA) is 93.4 Å². The van der Waals surface area contributed by atoms with E-state index in [-0.39, 0.29) is 6.04 Å². The van der Waals surface area contributed by atoms with Crippen LogP contribution < -0.4 is 5.32 Å². The lowest BCUT2D eigenvalue weighted by atomic mass is 10.1. The molecular weight excluding hydrogens is 258 g/mol. The highest BCUT2D eigenvalue weighted by Crippen LogP contribution is 2.19. The van der Waals surface area contributed by atoms with Crippen molar-refractivity contribution in [3.63, 3.8) is 0 Å². The Labute approximate surface area is 117 Å². The maximum atomic E-state index is 12.1. The minimum atomic E-state index is -1.08. The van der Waals surface area contributed by atoms with Gasteiger partial charge in [-0.1, -0.05) is 12.1 Å². The minimum Gasteiger partial charge on any atom is -0.480 e. The van der Waals surface area contributed by atoms with E-state index in [9.17, 15) is 9.59 Å². The predicted octanol–water partition coefficient (Wildman–Crippen LogP) is 2.19. The Kier molecular flexibility index (Phi) is 5.09. The maximum absolute atomic E-state index is 12.1. The number of hydrogen-bond acceptors (Lipinski definition) is 3. The lowest BCUT2D eigenvalue weighted by Crippen LogP contribution is -2.43. The van der Waals surface area contributed by atoms with Gasteiger partial charge in [0.2, 0.25) is 0 Å². The zero-order valence-electron chi connectivity index (χ0n) is 11.7. The number of benzene rings is 1. The summed E-state index contributed by atoms with van der Waals surface area (Å²) in [5.74, 6) is -1.08. The van der Waals surface area contributed by atoms with Crippen molar-refractivity contribution in [3.05, 3.63) is 29.3 Å². The first-order valence-electron chi connectivity index (χ1n) is 6.16. The molecule has 6 nitrogen and oxygen atoms in total. The Morgan fingerprint density at radius 2 is 2.10 bits per heavy atom. The van der Waals surface area contributed by atoms with Crippen LogP contribution in [-0.2, 0) is 4.79 Å². The summed E-state index contributed by atoms with van der Waals surface area (Å²) >= 11 is 0. The fraction of sp³-hybridized carbons (Fsp3) is 0.357. The smallest absolute Gasteiger partial charge is 0.323 e. The SMILES string of the molecule is Cc1cccc(NC(=O)N(CC(=O)O)C(C)C)c1C#N. The molecule has 0 saturated heterocycles. The second-order valence-electron chi connectivity index (χ2n) is 4.65. The minimum absolute atomic E-state index is 0.263. The normalized spacial score (nSPS) is 9.95. The van der Waals surface area contributed by atoms with E-state index in [0.717, 1.165) is 5.56 Å². The molecule has 0 atom stereocenters. The monoisotopic (exact) mass is 275 g/mol. The number of carboxylic acid groups (broad SMARTS) is 1. The predicted molar refractivity (Wildman–Crippen MR) is 74.4 cm³/mol. The second kappa shape index (κ2) is 6.57. The van der Waals surface area contributed by atoms with Gasteiger partial charge in [0.15, 0.2) is 0 Å². The van der Waals surface area contributed by atoms with Crippen LogP contribution in [0.2, 0.25) is 0 Å². The molecule has 0 aliphatic carbocycles. The van der Waals surface area contributed by atoms with Crippen LogP contribution in [0.15, 0.2) is 18.2 Å². The first-order chi connectivity index (χ1) is 9.36. The van der Waals surface area contributed by atoms with Gasteiger partial charge in [0.1, 0.15) is 12.6 Å². The fourth-order valence-corrected chi connectivity index (χ4v) is 1.74. The van der Waals surface area contributed by atoms with Gasteiger partial charge in [-0.2, -0.15) is 5.26 Å². The number of urea groups is 1. The first-order valence-corrected chi connectivity index (χ1v) is 6.16. The summed E-state index contributed by atoms with van der Waals surface area (Å²) in [5.41, 5.74) is 1.51. The van der Waals surface area contributed by atoms with Crippen LogP contribution in [0.1, 0.15) is 25.0 Å². The van der Waals surface area contributed by atoms with Gasteiger partial charge in [-0.05, 0) is 32.4 Å². The third-order valence-corrected chi connectivity index (χ3v) is 2.82. The van der Waals surface area contributed by atoms with E-state index >= 15 is 0 Å². The van der Waals surface area contributed by atoms with Gasteiger partial charge in [-0.25, -0.2) is 4.79 Å².